The number of aliphatic hydroxyl groups excluding tert-OH is 2. The van der Waals surface area contributed by atoms with Crippen molar-refractivity contribution in [1.82, 2.24) is 31.1 Å². The average Bonchev–Trinajstić information content (AvgIpc) is 3.60. The van der Waals surface area contributed by atoms with E-state index in [-0.39, 0.29) is 32.4 Å². The molecule has 70 heavy (non-hydrogen) atoms. The summed E-state index contributed by atoms with van der Waals surface area (Å²) < 4.78 is 41.5. The van der Waals surface area contributed by atoms with Gasteiger partial charge in [0, 0.05) is 32.0 Å². The van der Waals surface area contributed by atoms with Gasteiger partial charge in [0.1, 0.15) is 52.1 Å². The van der Waals surface area contributed by atoms with Gasteiger partial charge in [-0.2, -0.15) is 0 Å². The van der Waals surface area contributed by atoms with Gasteiger partial charge in [0.05, 0.1) is 43.9 Å². The molecule has 12 atom stereocenters. The van der Waals surface area contributed by atoms with E-state index in [0.717, 1.165) is 4.90 Å². The number of carbonyl (C=O) groups excluding carboxylic acids is 5. The molecule has 0 spiro atoms. The van der Waals surface area contributed by atoms with E-state index < -0.39 is 138 Å². The maximum atomic E-state index is 14.4. The third kappa shape index (κ3) is 16.4. The zero-order valence-corrected chi connectivity index (χ0v) is 43.6. The normalized spacial score (nSPS) is 31.9. The van der Waals surface area contributed by atoms with Crippen molar-refractivity contribution in [3.8, 4) is 0 Å². The molecule has 4 rings (SSSR count). The molecule has 10 N–H and O–H groups in total. The quantitative estimate of drug-likeness (QED) is 0.0937. The number of nitrogens with zero attached hydrogens (tertiary/aromatic N) is 2. The van der Waals surface area contributed by atoms with Crippen LogP contribution < -0.4 is 27.0 Å². The lowest BCUT2D eigenvalue weighted by molar-refractivity contribution is -0.306. The molecule has 2 saturated heterocycles. The lowest BCUT2D eigenvalue weighted by Gasteiger charge is -2.52. The fourth-order valence-corrected chi connectivity index (χ4v) is 8.89. The molecule has 3 heterocycles. The fourth-order valence-electron chi connectivity index (χ4n) is 8.89. The topological polar surface area (TPSA) is 312 Å². The van der Waals surface area contributed by atoms with E-state index in [9.17, 15) is 44.4 Å². The number of hydrogen-bond donors (Lipinski definition) is 9. The summed E-state index contributed by atoms with van der Waals surface area (Å²) in [6.07, 6.45) is -9.18. The van der Waals surface area contributed by atoms with Gasteiger partial charge < -0.3 is 90.4 Å². The number of β-amino-alcohol motifs (C(OH)–C–C–N with tert-alkyl or cyclic N) is 1. The molecular weight excluding hydrogens is 919 g/mol. The van der Waals surface area contributed by atoms with E-state index >= 15 is 0 Å². The molecule has 5 amide bonds. The number of nitrogens with two attached hydrogens (primary N) is 1. The third-order valence-corrected chi connectivity index (χ3v) is 11.8. The monoisotopic (exact) mass is 1000 g/mol. The van der Waals surface area contributed by atoms with Crippen molar-refractivity contribution in [1.29, 1.82) is 0 Å². The number of ether oxygens (including phenoxy) is 7. The summed E-state index contributed by atoms with van der Waals surface area (Å²) in [6.45, 7) is 21.7. The van der Waals surface area contributed by atoms with Crippen molar-refractivity contribution in [2.75, 3.05) is 46.4 Å². The molecule has 4 aliphatic rings. The second-order valence-electron chi connectivity index (χ2n) is 23.0. The Labute approximate surface area is 412 Å². The molecular formula is C47H83N7O16. The SMILES string of the molecule is CN(C(=O)OC(C)(C)C)[C@@H]1[C@@H](O)[C@@H](O[C@H]2[C@H](NC(=O)C3(O)CCN(C(=O)OC(C)(C)C)C3)C[C@H](NC(=O)OC(C)(C)C)C([C@H]3OC(CNCCCN)=CC[C@H]3NC(=O)OC(C)(C)C)[C@@H]2O)OC[C@]1(C)O. The van der Waals surface area contributed by atoms with Crippen molar-refractivity contribution < 1.29 is 77.6 Å². The number of rotatable bonds is 13. The van der Waals surface area contributed by atoms with E-state index in [1.807, 2.05) is 0 Å². The summed E-state index contributed by atoms with van der Waals surface area (Å²) in [5.74, 6) is -1.74. The zero-order valence-electron chi connectivity index (χ0n) is 43.6. The van der Waals surface area contributed by atoms with Crippen LogP contribution in [0.3, 0.4) is 0 Å². The zero-order chi connectivity index (χ0) is 52.9. The van der Waals surface area contributed by atoms with Crippen LogP contribution in [0, 0.1) is 5.92 Å². The van der Waals surface area contributed by atoms with Gasteiger partial charge in [0.15, 0.2) is 11.9 Å². The first kappa shape index (κ1) is 58.3. The van der Waals surface area contributed by atoms with Crippen LogP contribution in [0.5, 0.6) is 0 Å². The fraction of sp³-hybridized carbons (Fsp3) is 0.851. The summed E-state index contributed by atoms with van der Waals surface area (Å²) in [5, 5.41) is 60.2. The smallest absolute Gasteiger partial charge is 0.410 e. The molecule has 0 aromatic rings. The number of nitrogens with one attached hydrogen (secondary N) is 4. The molecule has 1 saturated carbocycles. The molecule has 0 aromatic heterocycles. The van der Waals surface area contributed by atoms with Crippen LogP contribution in [0.4, 0.5) is 19.2 Å². The van der Waals surface area contributed by atoms with E-state index in [2.05, 4.69) is 21.3 Å². The Balaban J connectivity index is 1.83. The summed E-state index contributed by atoms with van der Waals surface area (Å²) >= 11 is 0. The lowest BCUT2D eigenvalue weighted by atomic mass is 9.72. The second kappa shape index (κ2) is 22.7. The summed E-state index contributed by atoms with van der Waals surface area (Å²) in [7, 11) is 1.33. The first-order valence-electron chi connectivity index (χ1n) is 24.1. The van der Waals surface area contributed by atoms with Crippen LogP contribution >= 0.6 is 0 Å². The van der Waals surface area contributed by atoms with Crippen molar-refractivity contribution in [3.05, 3.63) is 11.8 Å². The number of likely N-dealkylation sites (N-methyl/N-ethyl adjacent to an activating group) is 1. The standard InChI is InChI=1S/C47H83N7O16/c1-42(2,3)67-38(58)51-27-17-16-26(23-49-20-15-19-48)65-33(27)30-28(52-39(59)68-43(4,5)6)22-29(50-37(57)47(63)18-21-54(24-47)41(61)70-45(10,11)12)34(31(30)55)66-36-32(56)35(46(13,62)25-64-36)53(14)40(60)69-44(7,8)9/h16,27-36,49,55-56,62-63H,15,17-25,48H2,1-14H3,(H,50,57)(H,51,58)(H,52,59)/t27-,28+,29-,30?,31+,32-,33+,34+,35-,36-,46+,47?/m1/s1. The maximum absolute atomic E-state index is 14.4. The molecule has 402 valence electrons. The second-order valence-corrected chi connectivity index (χ2v) is 23.0. The van der Waals surface area contributed by atoms with Crippen LogP contribution in [-0.4, -0.2) is 195 Å². The number of alkyl carbamates (subject to hydrolysis) is 2. The van der Waals surface area contributed by atoms with E-state index in [1.54, 1.807) is 89.2 Å². The minimum atomic E-state index is -2.16. The van der Waals surface area contributed by atoms with E-state index in [0.29, 0.717) is 25.3 Å². The number of amides is 5. The van der Waals surface area contributed by atoms with Gasteiger partial charge in [-0.1, -0.05) is 0 Å². The Morgan fingerprint density at radius 1 is 0.829 bits per heavy atom. The number of aliphatic hydroxyl groups is 4. The first-order chi connectivity index (χ1) is 32.0. The number of hydrogen-bond acceptors (Lipinski definition) is 18. The summed E-state index contributed by atoms with van der Waals surface area (Å²) in [6, 6.07) is -4.79. The van der Waals surface area contributed by atoms with Gasteiger partial charge in [-0.15, -0.1) is 0 Å². The Morgan fingerprint density at radius 3 is 1.96 bits per heavy atom. The van der Waals surface area contributed by atoms with Crippen molar-refractivity contribution in [3.63, 3.8) is 0 Å². The molecule has 3 fully saturated rings. The van der Waals surface area contributed by atoms with Crippen molar-refractivity contribution >= 4 is 30.3 Å². The minimum absolute atomic E-state index is 0.0342. The Bertz CT molecular complexity index is 1860. The number of likely N-dealkylation sites (tertiary alicyclic amines) is 1. The van der Waals surface area contributed by atoms with Crippen molar-refractivity contribution in [2.45, 2.75) is 204 Å². The van der Waals surface area contributed by atoms with Gasteiger partial charge in [-0.05, 0) is 128 Å². The Hall–Kier alpha value is -4.23. The molecule has 1 aliphatic carbocycles. The highest BCUT2D eigenvalue weighted by atomic mass is 16.7. The molecule has 3 aliphatic heterocycles. The minimum Gasteiger partial charge on any atom is -0.491 e. The molecule has 2 unspecified atom stereocenters. The Morgan fingerprint density at radius 2 is 1.40 bits per heavy atom. The highest BCUT2D eigenvalue weighted by Crippen LogP contribution is 2.39. The van der Waals surface area contributed by atoms with Crippen LogP contribution in [-0.2, 0) is 38.0 Å². The van der Waals surface area contributed by atoms with Crippen molar-refractivity contribution in [2.24, 2.45) is 11.7 Å². The van der Waals surface area contributed by atoms with Gasteiger partial charge in [0.25, 0.3) is 5.91 Å². The third-order valence-electron chi connectivity index (χ3n) is 11.8. The largest absolute Gasteiger partial charge is 0.491 e. The van der Waals surface area contributed by atoms with Crippen LogP contribution in [0.15, 0.2) is 11.8 Å². The molecule has 23 nitrogen and oxygen atoms in total. The van der Waals surface area contributed by atoms with Gasteiger partial charge in [-0.3, -0.25) is 4.79 Å². The van der Waals surface area contributed by atoms with E-state index in [4.69, 9.17) is 38.9 Å². The molecule has 23 heteroatoms. The first-order valence-corrected chi connectivity index (χ1v) is 24.1. The molecule has 0 bridgehead atoms. The van der Waals surface area contributed by atoms with E-state index in [1.165, 1.54) is 18.9 Å². The highest BCUT2D eigenvalue weighted by Gasteiger charge is 2.57. The average molecular weight is 1000 g/mol. The van der Waals surface area contributed by atoms with Crippen LogP contribution in [0.1, 0.15) is 116 Å². The molecule has 0 aromatic carbocycles. The Kier molecular flexibility index (Phi) is 18.9. The van der Waals surface area contributed by atoms with Crippen LogP contribution in [0.2, 0.25) is 0 Å². The number of carbonyl (C=O) groups is 5. The predicted molar refractivity (Wildman–Crippen MR) is 253 cm³/mol. The van der Waals surface area contributed by atoms with Gasteiger partial charge in [0.2, 0.25) is 0 Å². The summed E-state index contributed by atoms with van der Waals surface area (Å²) in [4.78, 5) is 70.3. The highest BCUT2D eigenvalue weighted by molar-refractivity contribution is 5.87. The van der Waals surface area contributed by atoms with Gasteiger partial charge in [-0.25, -0.2) is 19.2 Å². The molecule has 0 radical (unpaired) electrons. The summed E-state index contributed by atoms with van der Waals surface area (Å²) in [5.41, 5.74) is -1.99. The van der Waals surface area contributed by atoms with Gasteiger partial charge >= 0.3 is 24.4 Å². The lowest BCUT2D eigenvalue weighted by Crippen LogP contribution is -2.71. The van der Waals surface area contributed by atoms with Crippen LogP contribution in [0.25, 0.3) is 0 Å². The maximum Gasteiger partial charge on any atom is 0.410 e. The predicted octanol–water partition coefficient (Wildman–Crippen LogP) is 1.71.